The maximum atomic E-state index is 12.9. The number of nitrogens with zero attached hydrogens (tertiary/aromatic N) is 1. The fourth-order valence-electron chi connectivity index (χ4n) is 2.02. The van der Waals surface area contributed by atoms with Crippen molar-refractivity contribution in [2.24, 2.45) is 0 Å². The molecule has 23 heavy (non-hydrogen) atoms. The van der Waals surface area contributed by atoms with Gasteiger partial charge in [-0.25, -0.2) is 9.37 Å². The lowest BCUT2D eigenvalue weighted by Crippen LogP contribution is -2.12. The number of pyridine rings is 1. The number of hydrogen-bond acceptors (Lipinski definition) is 3. The molecule has 3 aromatic rings. The molecule has 0 atom stereocenters. The third kappa shape index (κ3) is 3.91. The minimum absolute atomic E-state index is 0.310. The zero-order valence-corrected chi connectivity index (χ0v) is 12.2. The summed E-state index contributed by atoms with van der Waals surface area (Å²) in [5.74, 6) is -0.00824. The number of anilines is 3. The predicted molar refractivity (Wildman–Crippen MR) is 88.3 cm³/mol. The molecule has 0 aliphatic carbocycles. The van der Waals surface area contributed by atoms with E-state index >= 15 is 0 Å². The summed E-state index contributed by atoms with van der Waals surface area (Å²) in [6.07, 6.45) is 1.56. The number of para-hydroxylation sites is 1. The van der Waals surface area contributed by atoms with Gasteiger partial charge in [-0.15, -0.1) is 0 Å². The highest BCUT2D eigenvalue weighted by Gasteiger charge is 2.06. The van der Waals surface area contributed by atoms with Gasteiger partial charge in [0.15, 0.2) is 0 Å². The SMILES string of the molecule is O=C(Nc1ccc(Nc2ccccc2)nc1)c1ccc(F)cc1. The summed E-state index contributed by atoms with van der Waals surface area (Å²) in [5.41, 5.74) is 1.89. The van der Waals surface area contributed by atoms with Gasteiger partial charge in [-0.1, -0.05) is 18.2 Å². The number of nitrogens with one attached hydrogen (secondary N) is 2. The molecule has 1 amide bonds. The number of hydrogen-bond donors (Lipinski definition) is 2. The standard InChI is InChI=1S/C18H14FN3O/c19-14-8-6-13(7-9-14)18(23)22-16-10-11-17(20-12-16)21-15-4-2-1-3-5-15/h1-12H,(H,20,21)(H,22,23). The van der Waals surface area contributed by atoms with Crippen LogP contribution in [0.5, 0.6) is 0 Å². The van der Waals surface area contributed by atoms with Crippen LogP contribution in [0, 0.1) is 5.82 Å². The largest absolute Gasteiger partial charge is 0.340 e. The van der Waals surface area contributed by atoms with Gasteiger partial charge in [-0.3, -0.25) is 4.79 Å². The average Bonchev–Trinajstić information content (AvgIpc) is 2.58. The van der Waals surface area contributed by atoms with Gasteiger partial charge < -0.3 is 10.6 Å². The Kier molecular flexibility index (Phi) is 4.29. The van der Waals surface area contributed by atoms with Crippen LogP contribution in [-0.4, -0.2) is 10.9 Å². The van der Waals surface area contributed by atoms with Gasteiger partial charge >= 0.3 is 0 Å². The Morgan fingerprint density at radius 1 is 0.870 bits per heavy atom. The lowest BCUT2D eigenvalue weighted by Gasteiger charge is -2.08. The zero-order valence-electron chi connectivity index (χ0n) is 12.2. The summed E-state index contributed by atoms with van der Waals surface area (Å²) >= 11 is 0. The maximum absolute atomic E-state index is 12.9. The highest BCUT2D eigenvalue weighted by atomic mass is 19.1. The molecule has 0 saturated heterocycles. The molecule has 1 aromatic heterocycles. The number of rotatable bonds is 4. The van der Waals surface area contributed by atoms with Crippen LogP contribution in [0.15, 0.2) is 72.9 Å². The molecule has 0 aliphatic rings. The Bertz CT molecular complexity index is 787. The predicted octanol–water partition coefficient (Wildman–Crippen LogP) is 4.22. The van der Waals surface area contributed by atoms with Crippen molar-refractivity contribution < 1.29 is 9.18 Å². The zero-order chi connectivity index (χ0) is 16.1. The van der Waals surface area contributed by atoms with Crippen LogP contribution < -0.4 is 10.6 Å². The number of halogens is 1. The number of carbonyl (C=O) groups is 1. The Morgan fingerprint density at radius 2 is 1.61 bits per heavy atom. The van der Waals surface area contributed by atoms with Crippen molar-refractivity contribution >= 4 is 23.1 Å². The molecule has 2 aromatic carbocycles. The normalized spacial score (nSPS) is 10.1. The van der Waals surface area contributed by atoms with E-state index in [2.05, 4.69) is 15.6 Å². The molecule has 0 unspecified atom stereocenters. The molecular weight excluding hydrogens is 293 g/mol. The van der Waals surface area contributed by atoms with Crippen molar-refractivity contribution in [1.29, 1.82) is 0 Å². The van der Waals surface area contributed by atoms with Crippen LogP contribution in [0.2, 0.25) is 0 Å². The van der Waals surface area contributed by atoms with E-state index in [-0.39, 0.29) is 11.7 Å². The molecule has 4 nitrogen and oxygen atoms in total. The quantitative estimate of drug-likeness (QED) is 0.759. The molecule has 0 bridgehead atoms. The highest BCUT2D eigenvalue weighted by molar-refractivity contribution is 6.04. The number of aromatic nitrogens is 1. The fourth-order valence-corrected chi connectivity index (χ4v) is 2.02. The molecule has 2 N–H and O–H groups in total. The summed E-state index contributed by atoms with van der Waals surface area (Å²) in [6.45, 7) is 0. The number of amides is 1. The first-order valence-electron chi connectivity index (χ1n) is 7.06. The van der Waals surface area contributed by atoms with E-state index in [1.807, 2.05) is 30.3 Å². The number of carbonyl (C=O) groups excluding carboxylic acids is 1. The smallest absolute Gasteiger partial charge is 0.255 e. The van der Waals surface area contributed by atoms with Gasteiger partial charge in [-0.2, -0.15) is 0 Å². The number of benzene rings is 2. The van der Waals surface area contributed by atoms with Crippen LogP contribution in [0.3, 0.4) is 0 Å². The van der Waals surface area contributed by atoms with E-state index in [9.17, 15) is 9.18 Å². The van der Waals surface area contributed by atoms with Crippen molar-refractivity contribution in [3.63, 3.8) is 0 Å². The van der Waals surface area contributed by atoms with Gasteiger partial charge in [-0.05, 0) is 48.5 Å². The molecule has 3 rings (SSSR count). The third-order valence-electron chi connectivity index (χ3n) is 3.17. The topological polar surface area (TPSA) is 54.0 Å². The Balaban J connectivity index is 1.65. The summed E-state index contributed by atoms with van der Waals surface area (Å²) in [4.78, 5) is 16.3. The first-order valence-corrected chi connectivity index (χ1v) is 7.06. The van der Waals surface area contributed by atoms with E-state index < -0.39 is 0 Å². The van der Waals surface area contributed by atoms with Gasteiger partial charge in [0.05, 0.1) is 11.9 Å². The summed E-state index contributed by atoms with van der Waals surface area (Å²) in [7, 11) is 0. The first kappa shape index (κ1) is 14.7. The summed E-state index contributed by atoms with van der Waals surface area (Å²) in [5, 5.41) is 5.87. The molecular formula is C18H14FN3O. The molecule has 0 aliphatic heterocycles. The van der Waals surface area contributed by atoms with E-state index in [1.165, 1.54) is 24.3 Å². The molecule has 0 radical (unpaired) electrons. The van der Waals surface area contributed by atoms with Crippen LogP contribution in [-0.2, 0) is 0 Å². The van der Waals surface area contributed by atoms with E-state index in [0.29, 0.717) is 17.1 Å². The van der Waals surface area contributed by atoms with Gasteiger partial charge in [0.1, 0.15) is 11.6 Å². The van der Waals surface area contributed by atoms with Crippen molar-refractivity contribution in [1.82, 2.24) is 4.98 Å². The molecule has 0 fully saturated rings. The average molecular weight is 307 g/mol. The minimum atomic E-state index is -0.375. The summed E-state index contributed by atoms with van der Waals surface area (Å²) in [6, 6.07) is 18.6. The Morgan fingerprint density at radius 3 is 2.26 bits per heavy atom. The third-order valence-corrected chi connectivity index (χ3v) is 3.17. The van der Waals surface area contributed by atoms with Gasteiger partial charge in [0.25, 0.3) is 5.91 Å². The second-order valence-electron chi connectivity index (χ2n) is 4.88. The van der Waals surface area contributed by atoms with E-state index in [1.54, 1.807) is 18.3 Å². The Hall–Kier alpha value is -3.21. The second-order valence-corrected chi connectivity index (χ2v) is 4.88. The minimum Gasteiger partial charge on any atom is -0.340 e. The lowest BCUT2D eigenvalue weighted by atomic mass is 10.2. The molecule has 5 heteroatoms. The highest BCUT2D eigenvalue weighted by Crippen LogP contribution is 2.16. The molecule has 0 spiro atoms. The fraction of sp³-hybridized carbons (Fsp3) is 0. The van der Waals surface area contributed by atoms with E-state index in [0.717, 1.165) is 5.69 Å². The van der Waals surface area contributed by atoms with Gasteiger partial charge in [0, 0.05) is 11.3 Å². The van der Waals surface area contributed by atoms with Crippen LogP contribution >= 0.6 is 0 Å². The van der Waals surface area contributed by atoms with Crippen LogP contribution in [0.4, 0.5) is 21.6 Å². The summed E-state index contributed by atoms with van der Waals surface area (Å²) < 4.78 is 12.9. The maximum Gasteiger partial charge on any atom is 0.255 e. The Labute approximate surface area is 133 Å². The monoisotopic (exact) mass is 307 g/mol. The first-order chi connectivity index (χ1) is 11.2. The van der Waals surface area contributed by atoms with Crippen molar-refractivity contribution in [2.45, 2.75) is 0 Å². The van der Waals surface area contributed by atoms with Crippen molar-refractivity contribution in [2.75, 3.05) is 10.6 Å². The lowest BCUT2D eigenvalue weighted by molar-refractivity contribution is 0.102. The molecule has 0 saturated carbocycles. The van der Waals surface area contributed by atoms with Crippen molar-refractivity contribution in [3.8, 4) is 0 Å². The van der Waals surface area contributed by atoms with Crippen LogP contribution in [0.25, 0.3) is 0 Å². The second kappa shape index (κ2) is 6.70. The molecule has 114 valence electrons. The van der Waals surface area contributed by atoms with Crippen molar-refractivity contribution in [3.05, 3.63) is 84.3 Å². The van der Waals surface area contributed by atoms with E-state index in [4.69, 9.17) is 0 Å². The molecule has 1 heterocycles. The van der Waals surface area contributed by atoms with Crippen LogP contribution in [0.1, 0.15) is 10.4 Å². The van der Waals surface area contributed by atoms with Gasteiger partial charge in [0.2, 0.25) is 0 Å².